The predicted octanol–water partition coefficient (Wildman–Crippen LogP) is 3.73. The van der Waals surface area contributed by atoms with E-state index in [0.717, 1.165) is 44.0 Å². The largest absolute Gasteiger partial charge is 0.369 e. The van der Waals surface area contributed by atoms with E-state index >= 15 is 0 Å². The van der Waals surface area contributed by atoms with Crippen molar-refractivity contribution < 1.29 is 13.2 Å². The van der Waals surface area contributed by atoms with E-state index in [1.807, 2.05) is 19.1 Å². The van der Waals surface area contributed by atoms with Gasteiger partial charge in [0.1, 0.15) is 0 Å². The van der Waals surface area contributed by atoms with Crippen LogP contribution in [0.5, 0.6) is 0 Å². The topological polar surface area (TPSA) is 81.8 Å². The molecule has 1 fully saturated rings. The van der Waals surface area contributed by atoms with E-state index in [2.05, 4.69) is 32.8 Å². The highest BCUT2D eigenvalue weighted by Crippen LogP contribution is 2.26. The molecule has 1 aliphatic heterocycles. The number of rotatable bonds is 7. The number of carbonyl (C=O) groups excluding carboxylic acids is 1. The lowest BCUT2D eigenvalue weighted by Crippen LogP contribution is -2.46. The zero-order valence-corrected chi connectivity index (χ0v) is 20.6. The number of halogens is 1. The Kier molecular flexibility index (Phi) is 7.82. The molecule has 0 bridgehead atoms. The molecule has 32 heavy (non-hydrogen) atoms. The maximum atomic E-state index is 12.9. The maximum absolute atomic E-state index is 12.9. The minimum absolute atomic E-state index is 0.000888. The normalized spacial score (nSPS) is 15.2. The average molecular weight is 479 g/mol. The molecule has 2 aromatic carbocycles. The van der Waals surface area contributed by atoms with Gasteiger partial charge in [-0.15, -0.1) is 0 Å². The molecular formula is C23H31ClN4O3S. The lowest BCUT2D eigenvalue weighted by atomic mass is 10.1. The van der Waals surface area contributed by atoms with E-state index < -0.39 is 15.9 Å². The summed E-state index contributed by atoms with van der Waals surface area (Å²) in [4.78, 5) is 17.7. The standard InChI is InChI=1S/C23H31ClN4O3S/c1-5-27-10-12-28(13-11-27)18-6-9-22(17(4)14-18)25-23(29)20-15-19(7-8-21(20)24)32(30,31)26-16(2)3/h6-9,14-16,26H,5,10-13H2,1-4H3,(H,25,29). The van der Waals surface area contributed by atoms with E-state index in [-0.39, 0.29) is 21.5 Å². The number of benzene rings is 2. The van der Waals surface area contributed by atoms with Crippen LogP contribution in [0.25, 0.3) is 0 Å². The van der Waals surface area contributed by atoms with Gasteiger partial charge < -0.3 is 15.1 Å². The minimum Gasteiger partial charge on any atom is -0.369 e. The van der Waals surface area contributed by atoms with Crippen molar-refractivity contribution in [2.24, 2.45) is 0 Å². The molecule has 0 aliphatic carbocycles. The van der Waals surface area contributed by atoms with Crippen LogP contribution in [0.2, 0.25) is 5.02 Å². The highest BCUT2D eigenvalue weighted by atomic mass is 35.5. The molecule has 1 saturated heterocycles. The first-order valence-electron chi connectivity index (χ1n) is 10.8. The summed E-state index contributed by atoms with van der Waals surface area (Å²) in [6.45, 7) is 12.7. The summed E-state index contributed by atoms with van der Waals surface area (Å²) in [6, 6.07) is 9.80. The van der Waals surface area contributed by atoms with E-state index in [4.69, 9.17) is 11.6 Å². The lowest BCUT2D eigenvalue weighted by molar-refractivity contribution is 0.102. The van der Waals surface area contributed by atoms with Crippen molar-refractivity contribution in [3.63, 3.8) is 0 Å². The van der Waals surface area contributed by atoms with Crippen molar-refractivity contribution in [2.45, 2.75) is 38.6 Å². The number of carbonyl (C=O) groups is 1. The molecule has 9 heteroatoms. The smallest absolute Gasteiger partial charge is 0.257 e. The molecule has 0 spiro atoms. The first-order chi connectivity index (χ1) is 15.1. The van der Waals surface area contributed by atoms with Gasteiger partial charge in [0, 0.05) is 43.6 Å². The second kappa shape index (κ2) is 10.2. The fourth-order valence-electron chi connectivity index (χ4n) is 3.72. The highest BCUT2D eigenvalue weighted by Gasteiger charge is 2.21. The van der Waals surface area contributed by atoms with Crippen LogP contribution in [0.1, 0.15) is 36.7 Å². The number of aryl methyl sites for hydroxylation is 1. The first-order valence-corrected chi connectivity index (χ1v) is 12.7. The van der Waals surface area contributed by atoms with Gasteiger partial charge in [-0.3, -0.25) is 4.79 Å². The molecule has 1 aliphatic rings. The van der Waals surface area contributed by atoms with Gasteiger partial charge in [-0.2, -0.15) is 0 Å². The van der Waals surface area contributed by atoms with Gasteiger partial charge in [0.15, 0.2) is 0 Å². The molecule has 1 amide bonds. The van der Waals surface area contributed by atoms with Crippen LogP contribution in [-0.2, 0) is 10.0 Å². The fourth-order valence-corrected chi connectivity index (χ4v) is 5.20. The number of likely N-dealkylation sites (N-methyl/N-ethyl adjacent to an activating group) is 1. The van der Waals surface area contributed by atoms with Gasteiger partial charge >= 0.3 is 0 Å². The minimum atomic E-state index is -3.73. The average Bonchev–Trinajstić information content (AvgIpc) is 2.74. The molecule has 174 valence electrons. The molecule has 3 rings (SSSR count). The molecule has 0 aromatic heterocycles. The van der Waals surface area contributed by atoms with Crippen LogP contribution in [0, 0.1) is 6.92 Å². The summed E-state index contributed by atoms with van der Waals surface area (Å²) in [5, 5.41) is 3.06. The molecule has 0 unspecified atom stereocenters. The van der Waals surface area contributed by atoms with Crippen LogP contribution in [0.3, 0.4) is 0 Å². The van der Waals surface area contributed by atoms with Gasteiger partial charge in [-0.25, -0.2) is 13.1 Å². The number of nitrogens with one attached hydrogen (secondary N) is 2. The van der Waals surface area contributed by atoms with Crippen molar-refractivity contribution in [1.82, 2.24) is 9.62 Å². The molecule has 2 N–H and O–H groups in total. The number of hydrogen-bond acceptors (Lipinski definition) is 5. The summed E-state index contributed by atoms with van der Waals surface area (Å²) in [7, 11) is -3.73. The molecule has 0 radical (unpaired) electrons. The van der Waals surface area contributed by atoms with Crippen LogP contribution < -0.4 is 14.9 Å². The summed E-state index contributed by atoms with van der Waals surface area (Å²) in [5.41, 5.74) is 2.82. The fraction of sp³-hybridized carbons (Fsp3) is 0.435. The van der Waals surface area contributed by atoms with Crippen LogP contribution in [0.4, 0.5) is 11.4 Å². The third kappa shape index (κ3) is 5.81. The van der Waals surface area contributed by atoms with Gasteiger partial charge in [0.2, 0.25) is 10.0 Å². The van der Waals surface area contributed by atoms with Crippen LogP contribution in [-0.4, -0.2) is 58.0 Å². The van der Waals surface area contributed by atoms with E-state index in [0.29, 0.717) is 5.69 Å². The zero-order chi connectivity index (χ0) is 23.5. The quantitative estimate of drug-likeness (QED) is 0.633. The van der Waals surface area contributed by atoms with Crippen LogP contribution >= 0.6 is 11.6 Å². The van der Waals surface area contributed by atoms with Gasteiger partial charge in [0.05, 0.1) is 15.5 Å². The number of anilines is 2. The Morgan fingerprint density at radius 2 is 1.78 bits per heavy atom. The zero-order valence-electron chi connectivity index (χ0n) is 19.0. The first kappa shape index (κ1) is 24.5. The molecule has 1 heterocycles. The van der Waals surface area contributed by atoms with Crippen molar-refractivity contribution in [3.8, 4) is 0 Å². The number of hydrogen-bond donors (Lipinski definition) is 2. The number of piperazine rings is 1. The lowest BCUT2D eigenvalue weighted by Gasteiger charge is -2.35. The maximum Gasteiger partial charge on any atom is 0.257 e. The summed E-state index contributed by atoms with van der Waals surface area (Å²) < 4.78 is 27.5. The van der Waals surface area contributed by atoms with Crippen LogP contribution in [0.15, 0.2) is 41.3 Å². The Morgan fingerprint density at radius 1 is 1.09 bits per heavy atom. The molecular weight excluding hydrogens is 448 g/mol. The molecule has 7 nitrogen and oxygen atoms in total. The number of sulfonamides is 1. The molecule has 0 saturated carbocycles. The molecule has 0 atom stereocenters. The Bertz CT molecular complexity index is 1080. The second-order valence-electron chi connectivity index (χ2n) is 8.29. The highest BCUT2D eigenvalue weighted by molar-refractivity contribution is 7.89. The van der Waals surface area contributed by atoms with E-state index in [1.54, 1.807) is 13.8 Å². The Hall–Kier alpha value is -2.13. The Labute approximate surface area is 195 Å². The Balaban J connectivity index is 1.77. The SMILES string of the molecule is CCN1CCN(c2ccc(NC(=O)c3cc(S(=O)(=O)NC(C)C)ccc3Cl)c(C)c2)CC1. The van der Waals surface area contributed by atoms with E-state index in [1.165, 1.54) is 18.2 Å². The van der Waals surface area contributed by atoms with Gasteiger partial charge in [0.25, 0.3) is 5.91 Å². The van der Waals surface area contributed by atoms with Crippen molar-refractivity contribution >= 4 is 38.9 Å². The molecule has 2 aromatic rings. The predicted molar refractivity (Wildman–Crippen MR) is 130 cm³/mol. The number of nitrogens with zero attached hydrogens (tertiary/aromatic N) is 2. The third-order valence-corrected chi connectivity index (χ3v) is 7.51. The van der Waals surface area contributed by atoms with Crippen molar-refractivity contribution in [3.05, 3.63) is 52.5 Å². The second-order valence-corrected chi connectivity index (χ2v) is 10.4. The Morgan fingerprint density at radius 3 is 2.38 bits per heavy atom. The third-order valence-electron chi connectivity index (χ3n) is 5.53. The summed E-state index contributed by atoms with van der Waals surface area (Å²) >= 11 is 6.22. The van der Waals surface area contributed by atoms with Crippen molar-refractivity contribution in [2.75, 3.05) is 42.9 Å². The van der Waals surface area contributed by atoms with Gasteiger partial charge in [-0.1, -0.05) is 18.5 Å². The monoisotopic (exact) mass is 478 g/mol. The van der Waals surface area contributed by atoms with Crippen molar-refractivity contribution in [1.29, 1.82) is 0 Å². The van der Waals surface area contributed by atoms with Gasteiger partial charge in [-0.05, 0) is 69.3 Å². The summed E-state index contributed by atoms with van der Waals surface area (Å²) in [6.07, 6.45) is 0. The van der Waals surface area contributed by atoms with E-state index in [9.17, 15) is 13.2 Å². The summed E-state index contributed by atoms with van der Waals surface area (Å²) in [5.74, 6) is -0.455. The number of amides is 1.